The van der Waals surface area contributed by atoms with E-state index in [4.69, 9.17) is 0 Å². The maximum atomic E-state index is 13.2. The summed E-state index contributed by atoms with van der Waals surface area (Å²) >= 11 is 0. The molecule has 2 heterocycles. The maximum Gasteiger partial charge on any atom is 0.327 e. The highest BCUT2D eigenvalue weighted by Crippen LogP contribution is 2.40. The van der Waals surface area contributed by atoms with Crippen LogP contribution in [0.3, 0.4) is 0 Å². The second kappa shape index (κ2) is 5.78. The minimum absolute atomic E-state index is 0.0438. The quantitative estimate of drug-likeness (QED) is 0.812. The summed E-state index contributed by atoms with van der Waals surface area (Å²) in [4.78, 5) is 29.2. The van der Waals surface area contributed by atoms with Crippen molar-refractivity contribution in [1.29, 1.82) is 0 Å². The van der Waals surface area contributed by atoms with Crippen LogP contribution < -0.4 is 0 Å². The van der Waals surface area contributed by atoms with Crippen LogP contribution in [0.1, 0.15) is 24.0 Å². The summed E-state index contributed by atoms with van der Waals surface area (Å²) in [6.07, 6.45) is 2.24. The van der Waals surface area contributed by atoms with Gasteiger partial charge in [-0.25, -0.2) is 4.79 Å². The van der Waals surface area contributed by atoms with Crippen LogP contribution in [0.25, 0.3) is 0 Å². The summed E-state index contributed by atoms with van der Waals surface area (Å²) in [7, 11) is 0. The zero-order valence-corrected chi connectivity index (χ0v) is 13.5. The highest BCUT2D eigenvalue weighted by Gasteiger charge is 2.59. The van der Waals surface area contributed by atoms with Gasteiger partial charge in [-0.15, -0.1) is 0 Å². The molecule has 2 aliphatic heterocycles. The summed E-state index contributed by atoms with van der Waals surface area (Å²) in [5, 5.41) is 0. The molecule has 0 N–H and O–H groups in total. The highest BCUT2D eigenvalue weighted by molar-refractivity contribution is 6.07. The first-order valence-corrected chi connectivity index (χ1v) is 8.42. The Labute approximate surface area is 141 Å². The van der Waals surface area contributed by atoms with E-state index in [0.717, 1.165) is 24.0 Å². The van der Waals surface area contributed by atoms with Gasteiger partial charge in [-0.1, -0.05) is 60.7 Å². The molecule has 2 aromatic carbocycles. The number of amides is 3. The zero-order valence-electron chi connectivity index (χ0n) is 13.5. The van der Waals surface area contributed by atoms with E-state index in [-0.39, 0.29) is 11.9 Å². The molecule has 2 aliphatic rings. The van der Waals surface area contributed by atoms with Crippen molar-refractivity contribution in [2.45, 2.75) is 31.3 Å². The van der Waals surface area contributed by atoms with Gasteiger partial charge in [0.25, 0.3) is 5.91 Å². The molecule has 122 valence electrons. The summed E-state index contributed by atoms with van der Waals surface area (Å²) in [6, 6.07) is 19.6. The Morgan fingerprint density at radius 2 is 1.50 bits per heavy atom. The Hall–Kier alpha value is -2.62. The summed E-state index contributed by atoms with van der Waals surface area (Å²) in [5.41, 5.74) is 1.40. The molecule has 0 saturated carbocycles. The largest absolute Gasteiger partial charge is 0.327 e. The van der Waals surface area contributed by atoms with Gasteiger partial charge in [0, 0.05) is 13.0 Å². The maximum absolute atomic E-state index is 13.2. The molecular weight excluding hydrogens is 300 g/mol. The van der Waals surface area contributed by atoms with Crippen LogP contribution in [0.5, 0.6) is 0 Å². The molecule has 3 amide bonds. The first-order chi connectivity index (χ1) is 11.7. The highest BCUT2D eigenvalue weighted by atomic mass is 16.2. The molecule has 2 aromatic rings. The number of hydrogen-bond acceptors (Lipinski definition) is 2. The first kappa shape index (κ1) is 14.9. The lowest BCUT2D eigenvalue weighted by Gasteiger charge is -2.28. The number of carbonyl (C=O) groups excluding carboxylic acids is 2. The van der Waals surface area contributed by atoms with Crippen LogP contribution >= 0.6 is 0 Å². The molecule has 0 radical (unpaired) electrons. The van der Waals surface area contributed by atoms with Gasteiger partial charge >= 0.3 is 6.03 Å². The van der Waals surface area contributed by atoms with Gasteiger partial charge in [0.15, 0.2) is 0 Å². The van der Waals surface area contributed by atoms with Gasteiger partial charge < -0.3 is 4.90 Å². The SMILES string of the molecule is O=C1N(Cc2ccccc2)C(=O)C2(Cc3ccccc3)CCCN12. The molecule has 0 aromatic heterocycles. The molecule has 1 unspecified atom stereocenters. The lowest BCUT2D eigenvalue weighted by atomic mass is 9.88. The fraction of sp³-hybridized carbons (Fsp3) is 0.300. The number of nitrogens with zero attached hydrogens (tertiary/aromatic N) is 2. The van der Waals surface area contributed by atoms with E-state index in [1.54, 1.807) is 4.90 Å². The number of urea groups is 1. The Bertz CT molecular complexity index is 760. The van der Waals surface area contributed by atoms with Crippen molar-refractivity contribution >= 4 is 11.9 Å². The van der Waals surface area contributed by atoms with E-state index in [1.807, 2.05) is 60.7 Å². The monoisotopic (exact) mass is 320 g/mol. The molecular formula is C20H20N2O2. The average molecular weight is 320 g/mol. The van der Waals surface area contributed by atoms with Crippen LogP contribution in [0.15, 0.2) is 60.7 Å². The van der Waals surface area contributed by atoms with Gasteiger partial charge in [0.1, 0.15) is 5.54 Å². The lowest BCUT2D eigenvalue weighted by Crippen LogP contribution is -2.47. The summed E-state index contributed by atoms with van der Waals surface area (Å²) < 4.78 is 0. The minimum Gasteiger partial charge on any atom is -0.309 e. The zero-order chi connectivity index (χ0) is 16.6. The average Bonchev–Trinajstić information content (AvgIpc) is 3.11. The van der Waals surface area contributed by atoms with Crippen LogP contribution in [0.4, 0.5) is 4.79 Å². The van der Waals surface area contributed by atoms with Gasteiger partial charge in [-0.05, 0) is 24.0 Å². The Morgan fingerprint density at radius 1 is 0.875 bits per heavy atom. The van der Waals surface area contributed by atoms with Gasteiger partial charge in [-0.2, -0.15) is 0 Å². The molecule has 0 bridgehead atoms. The van der Waals surface area contributed by atoms with E-state index in [1.165, 1.54) is 4.90 Å². The third kappa shape index (κ3) is 2.30. The van der Waals surface area contributed by atoms with E-state index in [2.05, 4.69) is 0 Å². The Morgan fingerprint density at radius 3 is 2.17 bits per heavy atom. The molecule has 0 aliphatic carbocycles. The molecule has 2 fully saturated rings. The van der Waals surface area contributed by atoms with Crippen molar-refractivity contribution in [3.63, 3.8) is 0 Å². The summed E-state index contributed by atoms with van der Waals surface area (Å²) in [5.74, 6) is -0.0438. The van der Waals surface area contributed by atoms with E-state index < -0.39 is 5.54 Å². The molecule has 1 atom stereocenters. The number of fused-ring (bicyclic) bond motifs is 1. The van der Waals surface area contributed by atoms with Gasteiger partial charge in [-0.3, -0.25) is 9.69 Å². The lowest BCUT2D eigenvalue weighted by molar-refractivity contribution is -0.133. The summed E-state index contributed by atoms with van der Waals surface area (Å²) in [6.45, 7) is 1.02. The fourth-order valence-electron chi connectivity index (χ4n) is 3.96. The number of rotatable bonds is 4. The smallest absolute Gasteiger partial charge is 0.309 e. The van der Waals surface area contributed by atoms with Crippen LogP contribution in [0.2, 0.25) is 0 Å². The third-order valence-electron chi connectivity index (χ3n) is 5.12. The normalized spacial score (nSPS) is 23.0. The van der Waals surface area contributed by atoms with Crippen molar-refractivity contribution in [2.24, 2.45) is 0 Å². The topological polar surface area (TPSA) is 40.6 Å². The first-order valence-electron chi connectivity index (χ1n) is 8.42. The fourth-order valence-corrected chi connectivity index (χ4v) is 3.96. The third-order valence-corrected chi connectivity index (χ3v) is 5.12. The van der Waals surface area contributed by atoms with E-state index in [9.17, 15) is 9.59 Å². The van der Waals surface area contributed by atoms with Crippen LogP contribution in [-0.2, 0) is 17.8 Å². The Balaban J connectivity index is 1.64. The van der Waals surface area contributed by atoms with Crippen LogP contribution in [-0.4, -0.2) is 33.8 Å². The molecule has 24 heavy (non-hydrogen) atoms. The number of hydrogen-bond donors (Lipinski definition) is 0. The number of carbonyl (C=O) groups is 2. The number of benzene rings is 2. The number of imide groups is 1. The van der Waals surface area contributed by atoms with Crippen molar-refractivity contribution in [3.8, 4) is 0 Å². The molecule has 4 nitrogen and oxygen atoms in total. The molecule has 2 saturated heterocycles. The molecule has 4 rings (SSSR count). The van der Waals surface area contributed by atoms with Crippen molar-refractivity contribution in [1.82, 2.24) is 9.80 Å². The van der Waals surface area contributed by atoms with Crippen molar-refractivity contribution in [2.75, 3.05) is 6.54 Å². The van der Waals surface area contributed by atoms with E-state index >= 15 is 0 Å². The van der Waals surface area contributed by atoms with Gasteiger partial charge in [0.05, 0.1) is 6.54 Å². The van der Waals surface area contributed by atoms with Gasteiger partial charge in [0.2, 0.25) is 0 Å². The van der Waals surface area contributed by atoms with Crippen LogP contribution in [0, 0.1) is 0 Å². The second-order valence-electron chi connectivity index (χ2n) is 6.61. The molecule has 4 heteroatoms. The second-order valence-corrected chi connectivity index (χ2v) is 6.61. The Kier molecular flexibility index (Phi) is 3.60. The van der Waals surface area contributed by atoms with E-state index in [0.29, 0.717) is 19.5 Å². The molecule has 0 spiro atoms. The van der Waals surface area contributed by atoms with Crippen molar-refractivity contribution < 1.29 is 9.59 Å². The predicted molar refractivity (Wildman–Crippen MR) is 91.2 cm³/mol. The predicted octanol–water partition coefficient (Wildman–Crippen LogP) is 3.23. The van der Waals surface area contributed by atoms with Crippen molar-refractivity contribution in [3.05, 3.63) is 71.8 Å². The standard InChI is InChI=1S/C20H20N2O2/c23-18-20(14-16-8-3-1-4-9-16)12-7-13-22(20)19(24)21(18)15-17-10-5-2-6-11-17/h1-6,8-11H,7,12-15H2. The minimum atomic E-state index is -0.687.